The Labute approximate surface area is 220 Å². The molecule has 2 aromatic heterocycles. The van der Waals surface area contributed by atoms with E-state index >= 15 is 0 Å². The number of halogens is 2. The number of aromatic nitrogens is 2. The van der Waals surface area contributed by atoms with Crippen LogP contribution in [0.2, 0.25) is 0 Å². The molecule has 0 aliphatic rings. The van der Waals surface area contributed by atoms with E-state index in [0.29, 0.717) is 12.1 Å². The van der Waals surface area contributed by atoms with Gasteiger partial charge in [-0.3, -0.25) is 19.6 Å². The van der Waals surface area contributed by atoms with Crippen LogP contribution in [0.25, 0.3) is 10.2 Å². The summed E-state index contributed by atoms with van der Waals surface area (Å²) in [4.78, 5) is 42.2. The zero-order chi connectivity index (χ0) is 27.4. The molecule has 8 nitrogen and oxygen atoms in total. The molecule has 0 bridgehead atoms. The van der Waals surface area contributed by atoms with Gasteiger partial charge in [0.25, 0.3) is 11.5 Å². The lowest BCUT2D eigenvalue weighted by Crippen LogP contribution is -2.48. The van der Waals surface area contributed by atoms with E-state index in [-0.39, 0.29) is 33.6 Å². The molecule has 2 atom stereocenters. The molecule has 38 heavy (non-hydrogen) atoms. The zero-order valence-corrected chi connectivity index (χ0v) is 21.7. The number of thiophene rings is 1. The Kier molecular flexibility index (Phi) is 8.50. The van der Waals surface area contributed by atoms with Gasteiger partial charge in [-0.1, -0.05) is 31.2 Å². The molecule has 2 aromatic carbocycles. The van der Waals surface area contributed by atoms with Crippen molar-refractivity contribution in [1.82, 2.24) is 20.6 Å². The van der Waals surface area contributed by atoms with Crippen molar-refractivity contribution in [2.24, 2.45) is 0 Å². The number of amides is 1. The van der Waals surface area contributed by atoms with Crippen LogP contribution in [-0.2, 0) is 19.4 Å². The van der Waals surface area contributed by atoms with Crippen LogP contribution in [-0.4, -0.2) is 39.7 Å². The lowest BCUT2D eigenvalue weighted by molar-refractivity contribution is 0.0833. The predicted molar refractivity (Wildman–Crippen MR) is 143 cm³/mol. The first kappa shape index (κ1) is 27.4. The van der Waals surface area contributed by atoms with Gasteiger partial charge in [0.2, 0.25) is 0 Å². The van der Waals surface area contributed by atoms with Crippen molar-refractivity contribution >= 4 is 27.5 Å². The summed E-state index contributed by atoms with van der Waals surface area (Å²) in [5, 5.41) is 17.1. The summed E-state index contributed by atoms with van der Waals surface area (Å²) in [6, 6.07) is 10.1. The number of hydrogen-bond acceptors (Lipinski definition) is 6. The largest absolute Gasteiger partial charge is 0.390 e. The standard InChI is InChI=1S/C27H28F2N4O4S/c1-3-15-5-4-6-16(7-15)12-30-13-21(34)20(10-17-8-18(28)11-19(29)9-17)31-25(36)23-14(2)22-24(35)32-27(37)33-26(22)38-23/h4-9,11,20-21,30,34H,3,10,12-13H2,1-2H3,(H,31,36)(H2,32,33,35,37)/t20-,21+/m0/s1. The molecule has 0 unspecified atom stereocenters. The summed E-state index contributed by atoms with van der Waals surface area (Å²) in [7, 11) is 0. The maximum atomic E-state index is 13.8. The van der Waals surface area contributed by atoms with Crippen molar-refractivity contribution in [3.63, 3.8) is 0 Å². The minimum Gasteiger partial charge on any atom is -0.390 e. The van der Waals surface area contributed by atoms with Crippen LogP contribution in [0.3, 0.4) is 0 Å². The van der Waals surface area contributed by atoms with E-state index < -0.39 is 40.9 Å². The van der Waals surface area contributed by atoms with Crippen LogP contribution in [0, 0.1) is 18.6 Å². The number of carbonyl (C=O) groups excluding carboxylic acids is 1. The first-order valence-corrected chi connectivity index (χ1v) is 12.9. The number of aliphatic hydroxyl groups is 1. The first-order chi connectivity index (χ1) is 18.1. The average Bonchev–Trinajstić information content (AvgIpc) is 3.19. The topological polar surface area (TPSA) is 127 Å². The van der Waals surface area contributed by atoms with Crippen molar-refractivity contribution in [2.75, 3.05) is 6.54 Å². The molecule has 4 aromatic rings. The minimum absolute atomic E-state index is 0.0457. The number of aryl methyl sites for hydroxylation is 2. The molecule has 0 spiro atoms. The number of aromatic amines is 2. The lowest BCUT2D eigenvalue weighted by Gasteiger charge is -2.25. The molecule has 5 N–H and O–H groups in total. The maximum absolute atomic E-state index is 13.8. The Hall–Kier alpha value is -3.67. The molecule has 11 heteroatoms. The van der Waals surface area contributed by atoms with Crippen molar-refractivity contribution in [1.29, 1.82) is 0 Å². The number of fused-ring (bicyclic) bond motifs is 1. The Morgan fingerprint density at radius 2 is 1.76 bits per heavy atom. The fourth-order valence-electron chi connectivity index (χ4n) is 4.36. The molecule has 0 aliphatic heterocycles. The number of aliphatic hydroxyl groups excluding tert-OH is 1. The Bertz CT molecular complexity index is 1560. The van der Waals surface area contributed by atoms with Crippen molar-refractivity contribution in [2.45, 2.75) is 45.4 Å². The van der Waals surface area contributed by atoms with Gasteiger partial charge in [0, 0.05) is 19.2 Å². The summed E-state index contributed by atoms with van der Waals surface area (Å²) in [6.07, 6.45) is -0.265. The predicted octanol–water partition coefficient (Wildman–Crippen LogP) is 2.92. The van der Waals surface area contributed by atoms with Crippen LogP contribution in [0.4, 0.5) is 8.78 Å². The number of rotatable bonds is 10. The van der Waals surface area contributed by atoms with Crippen LogP contribution >= 0.6 is 11.3 Å². The van der Waals surface area contributed by atoms with E-state index in [9.17, 15) is 28.3 Å². The summed E-state index contributed by atoms with van der Waals surface area (Å²) < 4.78 is 27.7. The minimum atomic E-state index is -1.11. The van der Waals surface area contributed by atoms with Gasteiger partial charge < -0.3 is 15.7 Å². The number of carbonyl (C=O) groups is 1. The maximum Gasteiger partial charge on any atom is 0.326 e. The highest BCUT2D eigenvalue weighted by Gasteiger charge is 2.26. The normalized spacial score (nSPS) is 13.0. The molecular formula is C27H28F2N4O4S. The van der Waals surface area contributed by atoms with Gasteiger partial charge in [-0.05, 0) is 54.2 Å². The molecule has 0 radical (unpaired) electrons. The molecule has 0 saturated heterocycles. The highest BCUT2D eigenvalue weighted by Crippen LogP contribution is 2.26. The number of H-pyrrole nitrogens is 2. The highest BCUT2D eigenvalue weighted by atomic mass is 32.1. The lowest BCUT2D eigenvalue weighted by atomic mass is 10.00. The van der Waals surface area contributed by atoms with Gasteiger partial charge in [0.05, 0.1) is 22.4 Å². The summed E-state index contributed by atoms with van der Waals surface area (Å²) in [6.45, 7) is 4.22. The highest BCUT2D eigenvalue weighted by molar-refractivity contribution is 7.20. The molecule has 2 heterocycles. The van der Waals surface area contributed by atoms with E-state index in [1.807, 2.05) is 18.2 Å². The SMILES string of the molecule is CCc1cccc(CNC[C@@H](O)[C@H](Cc2cc(F)cc(F)c2)NC(=O)c2sc3[nH]c(=O)[nH]c(=O)c3c2C)c1. The summed E-state index contributed by atoms with van der Waals surface area (Å²) >= 11 is 0.939. The van der Waals surface area contributed by atoms with Crippen LogP contribution in [0.5, 0.6) is 0 Å². The van der Waals surface area contributed by atoms with Gasteiger partial charge in [0.1, 0.15) is 16.5 Å². The van der Waals surface area contributed by atoms with Gasteiger partial charge in [-0.15, -0.1) is 11.3 Å². The van der Waals surface area contributed by atoms with E-state index in [0.717, 1.165) is 41.5 Å². The molecule has 0 fully saturated rings. The van der Waals surface area contributed by atoms with Gasteiger partial charge in [-0.25, -0.2) is 13.6 Å². The molecule has 0 aliphatic carbocycles. The molecule has 1 amide bonds. The molecule has 200 valence electrons. The van der Waals surface area contributed by atoms with E-state index in [1.54, 1.807) is 6.92 Å². The molecule has 0 saturated carbocycles. The molecular weight excluding hydrogens is 514 g/mol. The zero-order valence-electron chi connectivity index (χ0n) is 20.9. The van der Waals surface area contributed by atoms with Gasteiger partial charge in [-0.2, -0.15) is 0 Å². The smallest absolute Gasteiger partial charge is 0.326 e. The van der Waals surface area contributed by atoms with E-state index in [1.165, 1.54) is 5.56 Å². The number of hydrogen-bond donors (Lipinski definition) is 5. The van der Waals surface area contributed by atoms with Crippen LogP contribution < -0.4 is 21.9 Å². The van der Waals surface area contributed by atoms with E-state index in [4.69, 9.17) is 0 Å². The second kappa shape index (κ2) is 11.8. The average molecular weight is 543 g/mol. The Morgan fingerprint density at radius 1 is 1.05 bits per heavy atom. The third-order valence-electron chi connectivity index (χ3n) is 6.28. The quantitative estimate of drug-likeness (QED) is 0.211. The van der Waals surface area contributed by atoms with Crippen molar-refractivity contribution < 1.29 is 18.7 Å². The second-order valence-electron chi connectivity index (χ2n) is 9.10. The first-order valence-electron chi connectivity index (χ1n) is 12.1. The fourth-order valence-corrected chi connectivity index (χ4v) is 5.46. The van der Waals surface area contributed by atoms with Gasteiger partial charge in [0.15, 0.2) is 0 Å². The van der Waals surface area contributed by atoms with Crippen molar-refractivity contribution in [3.05, 3.63) is 102 Å². The third kappa shape index (κ3) is 6.42. The fraction of sp³-hybridized carbons (Fsp3) is 0.296. The summed E-state index contributed by atoms with van der Waals surface area (Å²) in [5.74, 6) is -2.12. The van der Waals surface area contributed by atoms with Crippen LogP contribution in [0.1, 0.15) is 38.8 Å². The van der Waals surface area contributed by atoms with E-state index in [2.05, 4.69) is 33.6 Å². The second-order valence-corrected chi connectivity index (χ2v) is 10.1. The Morgan fingerprint density at radius 3 is 2.47 bits per heavy atom. The van der Waals surface area contributed by atoms with Crippen molar-refractivity contribution in [3.8, 4) is 0 Å². The third-order valence-corrected chi connectivity index (χ3v) is 7.48. The van der Waals surface area contributed by atoms with Gasteiger partial charge >= 0.3 is 5.69 Å². The summed E-state index contributed by atoms with van der Waals surface area (Å²) in [5.41, 5.74) is 1.55. The number of nitrogens with one attached hydrogen (secondary N) is 4. The Balaban J connectivity index is 1.55. The monoisotopic (exact) mass is 542 g/mol. The van der Waals surface area contributed by atoms with Crippen LogP contribution in [0.15, 0.2) is 52.1 Å². The molecule has 4 rings (SSSR count). The number of benzene rings is 2.